The molecule has 8 heteroatoms. The summed E-state index contributed by atoms with van der Waals surface area (Å²) in [4.78, 5) is 5.19. The number of benzene rings is 12. The summed E-state index contributed by atoms with van der Waals surface area (Å²) in [6, 6.07) is 86.1. The Hall–Kier alpha value is -11.0. The van der Waals surface area contributed by atoms with Crippen LogP contribution in [-0.2, 0) is 28.1 Å². The molecule has 8 heterocycles. The molecule has 0 spiro atoms. The van der Waals surface area contributed by atoms with Crippen molar-refractivity contribution in [1.29, 1.82) is 0 Å². The zero-order chi connectivity index (χ0) is 67.3. The van der Waals surface area contributed by atoms with Crippen LogP contribution in [0.2, 0.25) is 0 Å². The molecule has 12 aromatic carbocycles. The average Bonchev–Trinajstić information content (AvgIpc) is 1.31. The van der Waals surface area contributed by atoms with E-state index in [1.165, 1.54) is 161 Å². The summed E-state index contributed by atoms with van der Waals surface area (Å²) >= 11 is 0. The van der Waals surface area contributed by atoms with Gasteiger partial charge >= 0.3 is 0 Å². The fourth-order valence-corrected chi connectivity index (χ4v) is 20.3. The van der Waals surface area contributed by atoms with Crippen molar-refractivity contribution in [2.24, 2.45) is 0 Å². The van der Waals surface area contributed by atoms with Gasteiger partial charge in [-0.2, -0.15) is 0 Å². The van der Waals surface area contributed by atoms with E-state index in [1.54, 1.807) is 0 Å². The van der Waals surface area contributed by atoms with E-state index in [-0.39, 0.29) is 35.1 Å². The highest BCUT2D eigenvalue weighted by molar-refractivity contribution is 7.01. The summed E-state index contributed by atoms with van der Waals surface area (Å²) in [7, 11) is 0. The Balaban J connectivity index is 0.723. The second kappa shape index (κ2) is 18.9. The number of rotatable bonds is 5. The Morgan fingerprint density at radius 3 is 1.47 bits per heavy atom. The lowest BCUT2D eigenvalue weighted by Gasteiger charge is -2.41. The van der Waals surface area contributed by atoms with Crippen LogP contribution < -0.4 is 42.6 Å². The summed E-state index contributed by atoms with van der Waals surface area (Å²) in [6.07, 6.45) is 0.736. The number of hydrogen-bond donors (Lipinski definition) is 0. The van der Waals surface area contributed by atoms with Gasteiger partial charge in [-0.1, -0.05) is 226 Å². The van der Waals surface area contributed by atoms with Gasteiger partial charge in [0.15, 0.2) is 5.58 Å². The van der Waals surface area contributed by atoms with Crippen LogP contribution in [0.1, 0.15) is 112 Å². The van der Waals surface area contributed by atoms with Gasteiger partial charge in [0, 0.05) is 94.0 Å². The van der Waals surface area contributed by atoms with Crippen LogP contribution in [0, 0.1) is 13.8 Å². The minimum Gasteiger partial charge on any atom is -0.456 e. The van der Waals surface area contributed by atoms with E-state index in [2.05, 4.69) is 320 Å². The summed E-state index contributed by atoms with van der Waals surface area (Å²) in [5.74, 6) is 0. The Bertz CT molecular complexity index is 6470. The molecule has 0 saturated carbocycles. The molecule has 4 aromatic heterocycles. The van der Waals surface area contributed by atoms with Gasteiger partial charge in [-0.05, 0) is 175 Å². The zero-order valence-electron chi connectivity index (χ0n) is 58.3. The van der Waals surface area contributed by atoms with Gasteiger partial charge < -0.3 is 27.8 Å². The van der Waals surface area contributed by atoms with E-state index < -0.39 is 0 Å². The van der Waals surface area contributed by atoms with Crippen molar-refractivity contribution >= 4 is 146 Å². The third kappa shape index (κ3) is 7.02. The van der Waals surface area contributed by atoms with Crippen molar-refractivity contribution in [1.82, 2.24) is 9.13 Å². The van der Waals surface area contributed by atoms with Crippen LogP contribution in [0.15, 0.2) is 233 Å². The molecule has 2 aliphatic carbocycles. The molecule has 22 rings (SSSR count). The van der Waals surface area contributed by atoms with Crippen molar-refractivity contribution in [3.05, 3.63) is 275 Å². The van der Waals surface area contributed by atoms with Gasteiger partial charge in [0.25, 0.3) is 13.4 Å². The topological polar surface area (TPSA) is 42.6 Å². The minimum atomic E-state index is -0.373. The van der Waals surface area contributed by atoms with Crippen molar-refractivity contribution < 1.29 is 8.83 Å². The Morgan fingerprint density at radius 2 is 0.850 bits per heavy atom. The molecule has 100 heavy (non-hydrogen) atoms. The van der Waals surface area contributed by atoms with Gasteiger partial charge in [0.05, 0.1) is 28.1 Å². The van der Waals surface area contributed by atoms with E-state index in [0.29, 0.717) is 0 Å². The van der Waals surface area contributed by atoms with E-state index >= 15 is 0 Å². The molecule has 0 saturated heterocycles. The van der Waals surface area contributed by atoms with Crippen molar-refractivity contribution in [3.8, 4) is 33.9 Å². The largest absolute Gasteiger partial charge is 0.456 e. The number of nitrogens with zero attached hydrogens (tertiary/aromatic N) is 4. The van der Waals surface area contributed by atoms with Crippen LogP contribution in [0.4, 0.5) is 34.1 Å². The number of para-hydroxylation sites is 5. The maximum Gasteiger partial charge on any atom is 0.252 e. The molecule has 6 aliphatic rings. The number of furan rings is 2. The van der Waals surface area contributed by atoms with Crippen molar-refractivity contribution in [2.45, 2.75) is 104 Å². The molecule has 0 amide bonds. The first-order chi connectivity index (χ1) is 48.3. The van der Waals surface area contributed by atoms with E-state index in [0.717, 1.165) is 61.7 Å². The van der Waals surface area contributed by atoms with Crippen LogP contribution in [0.3, 0.4) is 0 Å². The molecule has 4 aliphatic heterocycles. The SMILES string of the molecule is Cc1cc2c3c(c1)-n1c4c(c5cccc(c51)B3c1ccc(C(C)(C)Cc3cccc5c3oc3cccc(N6c7cc(C(C)(C)C)ccc7B7c8c6cc(C)cc8-n6c8c(c9cccc7c96)C(C)(C)c6ccccc6-8)c35)cc1N2c1cccc2c1oc1ccccc12)C(C)(C)c1ccccc1-4. The van der Waals surface area contributed by atoms with Gasteiger partial charge in [-0.3, -0.25) is 0 Å². The molecule has 0 N–H and O–H groups in total. The first-order valence-electron chi connectivity index (χ1n) is 35.9. The normalized spacial score (nSPS) is 15.3. The molecule has 16 aromatic rings. The van der Waals surface area contributed by atoms with Crippen LogP contribution in [0.25, 0.3) is 99.6 Å². The molecule has 0 radical (unpaired) electrons. The molecular weight excluding hydrogens is 1210 g/mol. The fraction of sp³-hybridized carbons (Fsp3) is 0.174. The second-order valence-corrected chi connectivity index (χ2v) is 32.6. The van der Waals surface area contributed by atoms with E-state index in [1.807, 2.05) is 0 Å². The number of hydrogen-bond acceptors (Lipinski definition) is 4. The van der Waals surface area contributed by atoms with Gasteiger partial charge in [0.1, 0.15) is 16.7 Å². The molecular formula is C92H72B2N4O2. The first kappa shape index (κ1) is 57.0. The predicted octanol–water partition coefficient (Wildman–Crippen LogP) is 19.6. The van der Waals surface area contributed by atoms with Gasteiger partial charge in [-0.15, -0.1) is 0 Å². The summed E-state index contributed by atoms with van der Waals surface area (Å²) in [6.45, 7) is 26.2. The standard InChI is InChI=1S/C92H72B2N4O2/c1-50-43-72-81-74(45-50)97-83-60(79-85(97)57-25-12-15-31-62(57)91(79,8)9)29-19-33-66(83)93(81)64-41-39-53(89(3,4)5)47-70(64)95(72)68-35-22-38-77-78(68)59-28-18-23-52(87(59)100-77)49-90(6,7)54-40-42-65-71(48-54)96(69-36-21-27-56-55-24-14-17-37-76(55)99-88(56)69)73-44-51(2)46-75-82(73)94(65)67-34-20-30-61-80-86(98(75)84(61)67)58-26-13-16-32-63(58)92(80,10)11/h12-48H,49H2,1-11H3. The first-order valence-corrected chi connectivity index (χ1v) is 35.9. The number of anilines is 6. The highest BCUT2D eigenvalue weighted by atomic mass is 16.3. The third-order valence-corrected chi connectivity index (χ3v) is 24.6. The van der Waals surface area contributed by atoms with Crippen LogP contribution in [-0.4, -0.2) is 22.6 Å². The maximum absolute atomic E-state index is 7.42. The Morgan fingerprint density at radius 1 is 0.380 bits per heavy atom. The Labute approximate surface area is 582 Å². The predicted molar refractivity (Wildman–Crippen MR) is 420 cm³/mol. The van der Waals surface area contributed by atoms with Crippen molar-refractivity contribution in [2.75, 3.05) is 9.80 Å². The molecule has 0 unspecified atom stereocenters. The van der Waals surface area contributed by atoms with E-state index in [4.69, 9.17) is 8.83 Å². The fourth-order valence-electron chi connectivity index (χ4n) is 20.3. The average molecular weight is 1290 g/mol. The lowest BCUT2D eigenvalue weighted by Crippen LogP contribution is -2.60. The van der Waals surface area contributed by atoms with Gasteiger partial charge in [0.2, 0.25) is 0 Å². The van der Waals surface area contributed by atoms with Crippen molar-refractivity contribution in [3.63, 3.8) is 0 Å². The highest BCUT2D eigenvalue weighted by Crippen LogP contribution is 2.58. The second-order valence-electron chi connectivity index (χ2n) is 32.6. The minimum absolute atomic E-state index is 0.0203. The number of fused-ring (bicyclic) bond motifs is 24. The lowest BCUT2D eigenvalue weighted by molar-refractivity contribution is 0.519. The van der Waals surface area contributed by atoms with Gasteiger partial charge in [-0.25, -0.2) is 0 Å². The number of aromatic nitrogens is 2. The third-order valence-electron chi connectivity index (χ3n) is 24.6. The summed E-state index contributed by atoms with van der Waals surface area (Å²) in [5, 5.41) is 7.17. The zero-order valence-corrected chi connectivity index (χ0v) is 58.3. The summed E-state index contributed by atoms with van der Waals surface area (Å²) < 4.78 is 19.8. The maximum atomic E-state index is 7.42. The monoisotopic (exact) mass is 1290 g/mol. The molecule has 0 bridgehead atoms. The number of aryl methyl sites for hydroxylation is 2. The molecule has 0 atom stereocenters. The smallest absolute Gasteiger partial charge is 0.252 e. The molecule has 6 nitrogen and oxygen atoms in total. The molecule has 478 valence electrons. The quantitative estimate of drug-likeness (QED) is 0.161. The lowest BCUT2D eigenvalue weighted by atomic mass is 9.33. The molecule has 0 fully saturated rings. The highest BCUT2D eigenvalue weighted by Gasteiger charge is 2.50. The van der Waals surface area contributed by atoms with Crippen LogP contribution >= 0.6 is 0 Å². The Kier molecular flexibility index (Phi) is 10.8. The summed E-state index contributed by atoms with van der Waals surface area (Å²) in [5.41, 5.74) is 40.0. The van der Waals surface area contributed by atoms with Crippen LogP contribution in [0.5, 0.6) is 0 Å². The van der Waals surface area contributed by atoms with E-state index in [9.17, 15) is 0 Å².